The molecule has 0 aliphatic carbocycles. The van der Waals surface area contributed by atoms with Gasteiger partial charge in [-0.05, 0) is 55.4 Å². The minimum Gasteiger partial charge on any atom is -0.497 e. The summed E-state index contributed by atoms with van der Waals surface area (Å²) in [6.07, 6.45) is 2.59. The standard InChI is InChI=1S/C23H29ClN4O6S3/c1-33-17-5-8-20(22(15-17)37(31,32)27-9-3-2-4-10-27)25-23(35)26-21-16-18(6-7-19(21)24)36(29,30)28-11-13-34-14-12-28/h5-8,15-16H,2-4,9-14H2,1H3,(H2,25,26,35). The first-order chi connectivity index (χ1) is 17.6. The average Bonchev–Trinajstić information content (AvgIpc) is 2.91. The molecule has 0 saturated carbocycles. The van der Waals surface area contributed by atoms with Crippen LogP contribution in [0.4, 0.5) is 11.4 Å². The number of sulfonamides is 2. The number of halogens is 1. The Labute approximate surface area is 228 Å². The molecule has 2 saturated heterocycles. The van der Waals surface area contributed by atoms with Crippen LogP contribution in [0, 0.1) is 0 Å². The number of hydrogen-bond acceptors (Lipinski definition) is 7. The molecule has 0 aromatic heterocycles. The molecule has 10 nitrogen and oxygen atoms in total. The summed E-state index contributed by atoms with van der Waals surface area (Å²) in [5.74, 6) is 0.393. The van der Waals surface area contributed by atoms with Crippen LogP contribution >= 0.6 is 23.8 Å². The number of rotatable bonds is 7. The minimum absolute atomic E-state index is 0.0349. The molecule has 202 valence electrons. The molecular formula is C23H29ClN4O6S3. The van der Waals surface area contributed by atoms with Crippen LogP contribution in [0.2, 0.25) is 5.02 Å². The van der Waals surface area contributed by atoms with E-state index in [4.69, 9.17) is 33.3 Å². The Balaban J connectivity index is 1.57. The van der Waals surface area contributed by atoms with Crippen molar-refractivity contribution >= 4 is 60.4 Å². The van der Waals surface area contributed by atoms with Crippen LogP contribution in [0.15, 0.2) is 46.2 Å². The number of thiocarbonyl (C=S) groups is 1. The summed E-state index contributed by atoms with van der Waals surface area (Å²) in [5, 5.41) is 6.13. The highest BCUT2D eigenvalue weighted by Gasteiger charge is 2.30. The number of anilines is 2. The summed E-state index contributed by atoms with van der Waals surface area (Å²) in [6, 6.07) is 8.96. The first-order valence-electron chi connectivity index (χ1n) is 11.8. The van der Waals surface area contributed by atoms with Crippen molar-refractivity contribution in [2.45, 2.75) is 29.1 Å². The van der Waals surface area contributed by atoms with E-state index in [0.717, 1.165) is 19.3 Å². The summed E-state index contributed by atoms with van der Waals surface area (Å²) in [4.78, 5) is 0.0922. The van der Waals surface area contributed by atoms with Crippen LogP contribution in [-0.4, -0.2) is 77.1 Å². The zero-order chi connectivity index (χ0) is 26.6. The van der Waals surface area contributed by atoms with Gasteiger partial charge in [-0.15, -0.1) is 0 Å². The maximum absolute atomic E-state index is 13.4. The molecule has 0 unspecified atom stereocenters. The lowest BCUT2D eigenvalue weighted by atomic mass is 10.2. The molecule has 0 bridgehead atoms. The van der Waals surface area contributed by atoms with Gasteiger partial charge in [0.25, 0.3) is 0 Å². The number of nitrogens with zero attached hydrogens (tertiary/aromatic N) is 2. The van der Waals surface area contributed by atoms with Crippen molar-refractivity contribution < 1.29 is 26.3 Å². The number of ether oxygens (including phenoxy) is 2. The normalized spacial score (nSPS) is 17.8. The Hall–Kier alpha value is -2.00. The van der Waals surface area contributed by atoms with E-state index >= 15 is 0 Å². The zero-order valence-electron chi connectivity index (χ0n) is 20.3. The molecule has 14 heteroatoms. The fourth-order valence-corrected chi connectivity index (χ4v) is 7.66. The maximum atomic E-state index is 13.4. The van der Waals surface area contributed by atoms with E-state index in [1.54, 1.807) is 12.1 Å². The van der Waals surface area contributed by atoms with Gasteiger partial charge in [0.2, 0.25) is 20.0 Å². The van der Waals surface area contributed by atoms with Crippen molar-refractivity contribution in [2.24, 2.45) is 0 Å². The number of benzene rings is 2. The highest BCUT2D eigenvalue weighted by atomic mass is 35.5. The molecule has 2 aliphatic rings. The van der Waals surface area contributed by atoms with Crippen molar-refractivity contribution in [3.8, 4) is 5.75 Å². The fourth-order valence-electron chi connectivity index (χ4n) is 4.16. The lowest BCUT2D eigenvalue weighted by molar-refractivity contribution is 0.0730. The van der Waals surface area contributed by atoms with Crippen molar-refractivity contribution in [1.82, 2.24) is 8.61 Å². The van der Waals surface area contributed by atoms with Gasteiger partial charge in [-0.25, -0.2) is 16.8 Å². The van der Waals surface area contributed by atoms with E-state index in [-0.39, 0.29) is 44.4 Å². The van der Waals surface area contributed by atoms with E-state index in [1.165, 1.54) is 40.0 Å². The smallest absolute Gasteiger partial charge is 0.245 e. The molecule has 2 aromatic carbocycles. The van der Waals surface area contributed by atoms with E-state index in [2.05, 4.69) is 10.6 Å². The van der Waals surface area contributed by atoms with Crippen molar-refractivity contribution in [3.05, 3.63) is 41.4 Å². The van der Waals surface area contributed by atoms with Crippen molar-refractivity contribution in [3.63, 3.8) is 0 Å². The van der Waals surface area contributed by atoms with Crippen molar-refractivity contribution in [1.29, 1.82) is 0 Å². The van der Waals surface area contributed by atoms with Crippen LogP contribution in [0.5, 0.6) is 5.75 Å². The SMILES string of the molecule is COc1ccc(NC(=S)Nc2cc(S(=O)(=O)N3CCOCC3)ccc2Cl)c(S(=O)(=O)N2CCCCC2)c1. The monoisotopic (exact) mass is 588 g/mol. The summed E-state index contributed by atoms with van der Waals surface area (Å²) < 4.78 is 66.3. The van der Waals surface area contributed by atoms with Gasteiger partial charge in [-0.1, -0.05) is 18.0 Å². The minimum atomic E-state index is -3.81. The lowest BCUT2D eigenvalue weighted by Crippen LogP contribution is -2.40. The Kier molecular flexibility index (Phi) is 8.94. The second-order valence-corrected chi connectivity index (χ2v) is 13.2. The van der Waals surface area contributed by atoms with E-state index in [1.807, 2.05) is 0 Å². The Morgan fingerprint density at radius 2 is 1.54 bits per heavy atom. The van der Waals surface area contributed by atoms with Gasteiger partial charge >= 0.3 is 0 Å². The third kappa shape index (κ3) is 6.36. The molecule has 0 amide bonds. The first kappa shape index (κ1) is 28.0. The van der Waals surface area contributed by atoms with E-state index in [9.17, 15) is 16.8 Å². The van der Waals surface area contributed by atoms with E-state index in [0.29, 0.717) is 32.1 Å². The molecule has 2 N–H and O–H groups in total. The number of methoxy groups -OCH3 is 1. The first-order valence-corrected chi connectivity index (χ1v) is 15.4. The second kappa shape index (κ2) is 11.8. The van der Waals surface area contributed by atoms with Crippen molar-refractivity contribution in [2.75, 3.05) is 57.1 Å². The molecule has 2 heterocycles. The Morgan fingerprint density at radius 1 is 0.892 bits per heavy atom. The topological polar surface area (TPSA) is 117 Å². The predicted octanol–water partition coefficient (Wildman–Crippen LogP) is 3.35. The number of piperidine rings is 1. The van der Waals surface area contributed by atoms with Gasteiger partial charge in [-0.2, -0.15) is 8.61 Å². The zero-order valence-corrected chi connectivity index (χ0v) is 23.5. The molecule has 2 fully saturated rings. The second-order valence-electron chi connectivity index (χ2n) is 8.56. The summed E-state index contributed by atoms with van der Waals surface area (Å²) in [7, 11) is -6.09. The van der Waals surface area contributed by atoms with Crippen LogP contribution < -0.4 is 15.4 Å². The lowest BCUT2D eigenvalue weighted by Gasteiger charge is -2.27. The molecule has 4 rings (SSSR count). The van der Waals surface area contributed by atoms with Crippen LogP contribution in [0.3, 0.4) is 0 Å². The van der Waals surface area contributed by atoms with Crippen LogP contribution in [0.25, 0.3) is 0 Å². The highest BCUT2D eigenvalue weighted by molar-refractivity contribution is 7.89. The molecule has 2 aromatic rings. The number of hydrogen-bond donors (Lipinski definition) is 2. The van der Waals surface area contributed by atoms with E-state index < -0.39 is 20.0 Å². The molecule has 2 aliphatic heterocycles. The Bertz CT molecular complexity index is 1360. The largest absolute Gasteiger partial charge is 0.497 e. The summed E-state index contributed by atoms with van der Waals surface area (Å²) in [6.45, 7) is 2.08. The van der Waals surface area contributed by atoms with Gasteiger partial charge in [0.15, 0.2) is 5.11 Å². The van der Waals surface area contributed by atoms with Gasteiger partial charge in [-0.3, -0.25) is 0 Å². The van der Waals surface area contributed by atoms with Gasteiger partial charge < -0.3 is 20.1 Å². The molecular weight excluding hydrogens is 560 g/mol. The molecule has 37 heavy (non-hydrogen) atoms. The molecule has 0 atom stereocenters. The fraction of sp³-hybridized carbons (Fsp3) is 0.435. The summed E-state index contributed by atoms with van der Waals surface area (Å²) in [5.41, 5.74) is 0.527. The highest BCUT2D eigenvalue weighted by Crippen LogP contribution is 2.32. The van der Waals surface area contributed by atoms with Gasteiger partial charge in [0, 0.05) is 32.2 Å². The van der Waals surface area contributed by atoms with Gasteiger partial charge in [0.05, 0.1) is 41.6 Å². The molecule has 0 spiro atoms. The maximum Gasteiger partial charge on any atom is 0.245 e. The van der Waals surface area contributed by atoms with Crippen LogP contribution in [0.1, 0.15) is 19.3 Å². The molecule has 0 radical (unpaired) electrons. The predicted molar refractivity (Wildman–Crippen MR) is 146 cm³/mol. The quantitative estimate of drug-likeness (QED) is 0.470. The van der Waals surface area contributed by atoms with Crippen LogP contribution in [-0.2, 0) is 24.8 Å². The third-order valence-electron chi connectivity index (χ3n) is 6.16. The number of morpholine rings is 1. The average molecular weight is 589 g/mol. The Morgan fingerprint density at radius 3 is 2.22 bits per heavy atom. The van der Waals surface area contributed by atoms with Gasteiger partial charge in [0.1, 0.15) is 10.6 Å². The number of nitrogens with one attached hydrogen (secondary N) is 2. The third-order valence-corrected chi connectivity index (χ3v) is 10.5. The summed E-state index contributed by atoms with van der Waals surface area (Å²) >= 11 is 11.8.